The number of amides is 1. The Morgan fingerprint density at radius 1 is 1.24 bits per heavy atom. The maximum atomic E-state index is 15.0. The van der Waals surface area contributed by atoms with Crippen LogP contribution in [-0.4, -0.2) is 60.3 Å². The number of rotatable bonds is 3. The van der Waals surface area contributed by atoms with Crippen molar-refractivity contribution in [1.82, 2.24) is 4.90 Å². The van der Waals surface area contributed by atoms with Crippen LogP contribution in [0.2, 0.25) is 0 Å². The maximum Gasteiger partial charge on any atom is 0.494 e. The SMILES string of the molecule is CC(C)(C)OC(=O)N1CCC(Oc2c(F)cc(B3OC(C)(C)C(C)(C)O3)cc2C#N)C(F)C1. The predicted molar refractivity (Wildman–Crippen MR) is 119 cm³/mol. The zero-order valence-electron chi connectivity index (χ0n) is 20.2. The Labute approximate surface area is 194 Å². The highest BCUT2D eigenvalue weighted by Gasteiger charge is 2.52. The van der Waals surface area contributed by atoms with Gasteiger partial charge in [0.15, 0.2) is 17.7 Å². The standard InChI is InChI=1S/C23H31BF2N2O5/c1-21(2,3)31-20(29)28-9-8-18(17(26)13-28)30-19-14(12-27)10-15(11-16(19)25)24-32-22(4,5)23(6,7)33-24/h10-11,17-18H,8-9,13H2,1-7H3. The lowest BCUT2D eigenvalue weighted by molar-refractivity contribution is -0.0113. The third kappa shape index (κ3) is 5.41. The smallest absolute Gasteiger partial charge is 0.483 e. The summed E-state index contributed by atoms with van der Waals surface area (Å²) in [5, 5.41) is 9.59. The van der Waals surface area contributed by atoms with E-state index in [1.807, 2.05) is 33.8 Å². The van der Waals surface area contributed by atoms with Crippen LogP contribution >= 0.6 is 0 Å². The number of carbonyl (C=O) groups excluding carboxylic acids is 1. The summed E-state index contributed by atoms with van der Waals surface area (Å²) in [6, 6.07) is 4.53. The molecule has 0 bridgehead atoms. The van der Waals surface area contributed by atoms with Gasteiger partial charge in [0.25, 0.3) is 0 Å². The number of carbonyl (C=O) groups is 1. The molecule has 2 aliphatic heterocycles. The van der Waals surface area contributed by atoms with Crippen molar-refractivity contribution in [3.8, 4) is 11.8 Å². The van der Waals surface area contributed by atoms with E-state index in [4.69, 9.17) is 18.8 Å². The van der Waals surface area contributed by atoms with Crippen LogP contribution < -0.4 is 10.2 Å². The molecule has 33 heavy (non-hydrogen) atoms. The van der Waals surface area contributed by atoms with Gasteiger partial charge >= 0.3 is 13.2 Å². The Kier molecular flexibility index (Phi) is 6.71. The summed E-state index contributed by atoms with van der Waals surface area (Å²) in [5.41, 5.74) is -1.69. The van der Waals surface area contributed by atoms with Crippen molar-refractivity contribution >= 4 is 18.7 Å². The number of alkyl halides is 1. The van der Waals surface area contributed by atoms with Gasteiger partial charge < -0.3 is 23.7 Å². The number of halogens is 2. The second-order valence-electron chi connectivity index (χ2n) is 10.5. The van der Waals surface area contributed by atoms with E-state index in [1.54, 1.807) is 20.8 Å². The van der Waals surface area contributed by atoms with E-state index in [-0.39, 0.29) is 30.8 Å². The van der Waals surface area contributed by atoms with Gasteiger partial charge in [-0.2, -0.15) is 5.26 Å². The van der Waals surface area contributed by atoms with Crippen molar-refractivity contribution in [3.63, 3.8) is 0 Å². The van der Waals surface area contributed by atoms with Crippen molar-refractivity contribution in [2.45, 2.75) is 84.0 Å². The van der Waals surface area contributed by atoms with Crippen LogP contribution in [0, 0.1) is 17.1 Å². The predicted octanol–water partition coefficient (Wildman–Crippen LogP) is 3.72. The molecule has 2 heterocycles. The first-order valence-electron chi connectivity index (χ1n) is 11.0. The van der Waals surface area contributed by atoms with Gasteiger partial charge in [-0.1, -0.05) is 0 Å². The number of benzene rings is 1. The van der Waals surface area contributed by atoms with Gasteiger partial charge in [-0.15, -0.1) is 0 Å². The number of hydrogen-bond donors (Lipinski definition) is 0. The summed E-state index contributed by atoms with van der Waals surface area (Å²) in [6.45, 7) is 12.6. The van der Waals surface area contributed by atoms with E-state index in [9.17, 15) is 14.4 Å². The molecule has 0 saturated carbocycles. The first-order valence-corrected chi connectivity index (χ1v) is 11.0. The molecule has 2 fully saturated rings. The van der Waals surface area contributed by atoms with Crippen molar-refractivity contribution in [1.29, 1.82) is 5.26 Å². The van der Waals surface area contributed by atoms with E-state index in [0.29, 0.717) is 5.46 Å². The van der Waals surface area contributed by atoms with E-state index in [0.717, 1.165) is 0 Å². The quantitative estimate of drug-likeness (QED) is 0.635. The van der Waals surface area contributed by atoms with Gasteiger partial charge in [0.05, 0.1) is 23.3 Å². The number of hydrogen-bond acceptors (Lipinski definition) is 6. The Balaban J connectivity index is 1.74. The highest BCUT2D eigenvalue weighted by molar-refractivity contribution is 6.62. The van der Waals surface area contributed by atoms with E-state index in [2.05, 4.69) is 0 Å². The monoisotopic (exact) mass is 464 g/mol. The molecule has 0 spiro atoms. The number of nitriles is 1. The maximum absolute atomic E-state index is 15.0. The van der Waals surface area contributed by atoms with E-state index >= 15 is 4.39 Å². The van der Waals surface area contributed by atoms with Crippen LogP contribution in [0.15, 0.2) is 12.1 Å². The van der Waals surface area contributed by atoms with Crippen LogP contribution in [0.1, 0.15) is 60.5 Å². The molecule has 2 unspecified atom stereocenters. The van der Waals surface area contributed by atoms with Gasteiger partial charge in [0.1, 0.15) is 17.8 Å². The topological polar surface area (TPSA) is 81.0 Å². The molecule has 1 aromatic rings. The first-order chi connectivity index (χ1) is 15.1. The molecule has 2 atom stereocenters. The fourth-order valence-corrected chi connectivity index (χ4v) is 3.59. The summed E-state index contributed by atoms with van der Waals surface area (Å²) in [6.07, 6.45) is -3.06. The lowest BCUT2D eigenvalue weighted by Crippen LogP contribution is -2.50. The average molecular weight is 464 g/mol. The summed E-state index contributed by atoms with van der Waals surface area (Å²) in [4.78, 5) is 13.5. The Morgan fingerprint density at radius 3 is 2.36 bits per heavy atom. The Hall–Kier alpha value is -2.38. The minimum Gasteiger partial charge on any atom is -0.483 e. The zero-order valence-corrected chi connectivity index (χ0v) is 20.2. The zero-order chi connectivity index (χ0) is 24.8. The lowest BCUT2D eigenvalue weighted by atomic mass is 9.78. The summed E-state index contributed by atoms with van der Waals surface area (Å²) >= 11 is 0. The molecule has 0 radical (unpaired) electrons. The molecule has 1 amide bonds. The largest absolute Gasteiger partial charge is 0.494 e. The highest BCUT2D eigenvalue weighted by Crippen LogP contribution is 2.37. The number of nitrogens with zero attached hydrogens (tertiary/aromatic N) is 2. The number of piperidine rings is 1. The Morgan fingerprint density at radius 2 is 1.85 bits per heavy atom. The molecule has 0 aromatic heterocycles. The fourth-order valence-electron chi connectivity index (χ4n) is 3.59. The van der Waals surface area contributed by atoms with Crippen LogP contribution in [0.5, 0.6) is 5.75 Å². The molecule has 1 aromatic carbocycles. The third-order valence-electron chi connectivity index (χ3n) is 6.11. The lowest BCUT2D eigenvalue weighted by Gasteiger charge is -2.35. The highest BCUT2D eigenvalue weighted by atomic mass is 19.1. The normalized spacial score (nSPS) is 24.4. The van der Waals surface area contributed by atoms with Crippen molar-refractivity contribution < 1.29 is 32.4 Å². The van der Waals surface area contributed by atoms with Crippen LogP contribution in [0.3, 0.4) is 0 Å². The molecule has 10 heteroatoms. The molecule has 3 rings (SSSR count). The molecule has 7 nitrogen and oxygen atoms in total. The summed E-state index contributed by atoms with van der Waals surface area (Å²) in [7, 11) is -0.850. The second kappa shape index (κ2) is 8.77. The van der Waals surface area contributed by atoms with Crippen LogP contribution in [0.4, 0.5) is 13.6 Å². The van der Waals surface area contributed by atoms with Crippen molar-refractivity contribution in [3.05, 3.63) is 23.5 Å². The van der Waals surface area contributed by atoms with Crippen molar-refractivity contribution in [2.24, 2.45) is 0 Å². The molecular formula is C23H31BF2N2O5. The molecule has 2 aliphatic rings. The van der Waals surface area contributed by atoms with Crippen molar-refractivity contribution in [2.75, 3.05) is 13.1 Å². The average Bonchev–Trinajstić information content (AvgIpc) is 2.90. The van der Waals surface area contributed by atoms with Crippen LogP contribution in [-0.2, 0) is 14.0 Å². The van der Waals surface area contributed by atoms with Gasteiger partial charge in [0.2, 0.25) is 0 Å². The minimum absolute atomic E-state index is 0.0820. The van der Waals surface area contributed by atoms with Gasteiger partial charge in [0, 0.05) is 13.0 Å². The fraction of sp³-hybridized carbons (Fsp3) is 0.652. The third-order valence-corrected chi connectivity index (χ3v) is 6.11. The van der Waals surface area contributed by atoms with E-state index in [1.165, 1.54) is 17.0 Å². The summed E-state index contributed by atoms with van der Waals surface area (Å²) in [5.74, 6) is -1.13. The molecule has 180 valence electrons. The van der Waals surface area contributed by atoms with Gasteiger partial charge in [-0.05, 0) is 66.1 Å². The first kappa shape index (κ1) is 25.3. The number of ether oxygens (including phenoxy) is 2. The van der Waals surface area contributed by atoms with Crippen LogP contribution in [0.25, 0.3) is 0 Å². The minimum atomic E-state index is -1.57. The molecule has 0 N–H and O–H groups in total. The van der Waals surface area contributed by atoms with E-state index < -0.39 is 48.1 Å². The second-order valence-corrected chi connectivity index (χ2v) is 10.5. The van der Waals surface area contributed by atoms with Gasteiger partial charge in [-0.3, -0.25) is 0 Å². The Bertz CT molecular complexity index is 941. The van der Waals surface area contributed by atoms with Gasteiger partial charge in [-0.25, -0.2) is 13.6 Å². The molecular weight excluding hydrogens is 433 g/mol. The molecule has 0 aliphatic carbocycles. The summed E-state index contributed by atoms with van der Waals surface area (Å²) < 4.78 is 52.6. The molecule has 2 saturated heterocycles. The number of likely N-dealkylation sites (tertiary alicyclic amines) is 1.